The van der Waals surface area contributed by atoms with E-state index >= 15 is 0 Å². The summed E-state index contributed by atoms with van der Waals surface area (Å²) in [5.74, 6) is -0.236. The van der Waals surface area contributed by atoms with Gasteiger partial charge in [-0.15, -0.1) is 0 Å². The van der Waals surface area contributed by atoms with Crippen molar-refractivity contribution >= 4 is 0 Å². The molecule has 1 aromatic heterocycles. The lowest BCUT2D eigenvalue weighted by Gasteiger charge is -2.11. The SMILES string of the molecule is O[C@@H](Cc1ccc(-c2ccc(F)cc2)cc1)c1cccnc1. The summed E-state index contributed by atoms with van der Waals surface area (Å²) in [4.78, 5) is 4.02. The molecule has 0 aliphatic carbocycles. The zero-order valence-corrected chi connectivity index (χ0v) is 12.0. The second-order valence-corrected chi connectivity index (χ2v) is 5.21. The van der Waals surface area contributed by atoms with Crippen LogP contribution in [-0.2, 0) is 6.42 Å². The largest absolute Gasteiger partial charge is 0.388 e. The summed E-state index contributed by atoms with van der Waals surface area (Å²) in [6.45, 7) is 0. The highest BCUT2D eigenvalue weighted by atomic mass is 19.1. The van der Waals surface area contributed by atoms with Gasteiger partial charge >= 0.3 is 0 Å². The third-order valence-corrected chi connectivity index (χ3v) is 3.63. The Morgan fingerprint density at radius 3 is 2.14 bits per heavy atom. The van der Waals surface area contributed by atoms with Gasteiger partial charge in [-0.1, -0.05) is 42.5 Å². The van der Waals surface area contributed by atoms with Crippen molar-refractivity contribution in [2.24, 2.45) is 0 Å². The highest BCUT2D eigenvalue weighted by Gasteiger charge is 2.08. The standard InChI is InChI=1S/C19H16FNO/c20-18-9-7-16(8-10-18)15-5-3-14(4-6-15)12-19(22)17-2-1-11-21-13-17/h1-11,13,19,22H,12H2/t19-/m0/s1. The lowest BCUT2D eigenvalue weighted by atomic mass is 9.99. The second kappa shape index (κ2) is 6.50. The number of aromatic nitrogens is 1. The molecule has 0 saturated heterocycles. The minimum atomic E-state index is -0.564. The maximum absolute atomic E-state index is 12.9. The molecular formula is C19H16FNO. The van der Waals surface area contributed by atoms with Gasteiger partial charge in [-0.3, -0.25) is 4.98 Å². The molecule has 0 fully saturated rings. The molecule has 1 atom stereocenters. The molecule has 0 aliphatic heterocycles. The Morgan fingerprint density at radius 2 is 1.55 bits per heavy atom. The molecule has 110 valence electrons. The number of pyridine rings is 1. The fraction of sp³-hybridized carbons (Fsp3) is 0.105. The van der Waals surface area contributed by atoms with E-state index < -0.39 is 6.10 Å². The van der Waals surface area contributed by atoms with Crippen molar-refractivity contribution < 1.29 is 9.50 Å². The van der Waals surface area contributed by atoms with Crippen LogP contribution < -0.4 is 0 Å². The monoisotopic (exact) mass is 293 g/mol. The number of hydrogen-bond donors (Lipinski definition) is 1. The van der Waals surface area contributed by atoms with Crippen LogP contribution in [0.2, 0.25) is 0 Å². The van der Waals surface area contributed by atoms with Gasteiger partial charge in [0.05, 0.1) is 6.10 Å². The average molecular weight is 293 g/mol. The van der Waals surface area contributed by atoms with Gasteiger partial charge in [0, 0.05) is 18.8 Å². The van der Waals surface area contributed by atoms with Gasteiger partial charge in [0.25, 0.3) is 0 Å². The molecule has 0 bridgehead atoms. The second-order valence-electron chi connectivity index (χ2n) is 5.21. The fourth-order valence-electron chi connectivity index (χ4n) is 2.39. The van der Waals surface area contributed by atoms with Gasteiger partial charge in [-0.05, 0) is 40.5 Å². The van der Waals surface area contributed by atoms with Crippen molar-refractivity contribution in [2.75, 3.05) is 0 Å². The molecule has 3 rings (SSSR count). The quantitative estimate of drug-likeness (QED) is 0.783. The molecule has 0 radical (unpaired) electrons. The lowest BCUT2D eigenvalue weighted by Crippen LogP contribution is -2.01. The molecule has 0 aliphatic rings. The summed E-state index contributed by atoms with van der Waals surface area (Å²) >= 11 is 0. The Balaban J connectivity index is 1.73. The van der Waals surface area contributed by atoms with Gasteiger partial charge in [0.15, 0.2) is 0 Å². The van der Waals surface area contributed by atoms with Gasteiger partial charge in [-0.25, -0.2) is 4.39 Å². The van der Waals surface area contributed by atoms with E-state index in [9.17, 15) is 9.50 Å². The lowest BCUT2D eigenvalue weighted by molar-refractivity contribution is 0.178. The summed E-state index contributed by atoms with van der Waals surface area (Å²) in [5.41, 5.74) is 3.85. The van der Waals surface area contributed by atoms with E-state index in [0.29, 0.717) is 6.42 Å². The zero-order chi connectivity index (χ0) is 15.4. The normalized spacial score (nSPS) is 12.1. The van der Waals surface area contributed by atoms with E-state index in [1.165, 1.54) is 12.1 Å². The highest BCUT2D eigenvalue weighted by molar-refractivity contribution is 5.63. The predicted molar refractivity (Wildman–Crippen MR) is 84.7 cm³/mol. The summed E-state index contributed by atoms with van der Waals surface area (Å²) < 4.78 is 12.9. The Hall–Kier alpha value is -2.52. The molecule has 0 saturated carbocycles. The first-order chi connectivity index (χ1) is 10.7. The maximum Gasteiger partial charge on any atom is 0.123 e. The molecule has 1 N–H and O–H groups in total. The molecule has 2 aromatic carbocycles. The number of aliphatic hydroxyl groups excluding tert-OH is 1. The van der Waals surface area contributed by atoms with Crippen LogP contribution in [0, 0.1) is 5.82 Å². The van der Waals surface area contributed by atoms with Crippen LogP contribution in [0.1, 0.15) is 17.2 Å². The van der Waals surface area contributed by atoms with Gasteiger partial charge in [0.1, 0.15) is 5.82 Å². The Bertz CT molecular complexity index is 724. The summed E-state index contributed by atoms with van der Waals surface area (Å²) in [6, 6.07) is 18.0. The summed E-state index contributed by atoms with van der Waals surface area (Å²) in [7, 11) is 0. The third kappa shape index (κ3) is 3.38. The molecule has 22 heavy (non-hydrogen) atoms. The zero-order valence-electron chi connectivity index (χ0n) is 12.0. The Morgan fingerprint density at radius 1 is 0.909 bits per heavy atom. The number of rotatable bonds is 4. The fourth-order valence-corrected chi connectivity index (χ4v) is 2.39. The van der Waals surface area contributed by atoms with E-state index in [1.807, 2.05) is 36.4 Å². The van der Waals surface area contributed by atoms with E-state index in [0.717, 1.165) is 22.3 Å². The average Bonchev–Trinajstić information content (AvgIpc) is 2.57. The van der Waals surface area contributed by atoms with E-state index in [-0.39, 0.29) is 5.82 Å². The number of nitrogens with zero attached hydrogens (tertiary/aromatic N) is 1. The van der Waals surface area contributed by atoms with Crippen LogP contribution in [0.25, 0.3) is 11.1 Å². The maximum atomic E-state index is 12.9. The molecule has 0 unspecified atom stereocenters. The molecular weight excluding hydrogens is 277 g/mol. The molecule has 0 amide bonds. The first kappa shape index (κ1) is 14.4. The molecule has 3 heteroatoms. The summed E-state index contributed by atoms with van der Waals surface area (Å²) in [5, 5.41) is 10.2. The topological polar surface area (TPSA) is 33.1 Å². The molecule has 2 nitrogen and oxygen atoms in total. The molecule has 3 aromatic rings. The third-order valence-electron chi connectivity index (χ3n) is 3.63. The number of benzene rings is 2. The van der Waals surface area contributed by atoms with Crippen LogP contribution in [0.5, 0.6) is 0 Å². The van der Waals surface area contributed by atoms with E-state index in [4.69, 9.17) is 0 Å². The number of halogens is 1. The van der Waals surface area contributed by atoms with Crippen LogP contribution >= 0.6 is 0 Å². The first-order valence-corrected chi connectivity index (χ1v) is 7.15. The minimum absolute atomic E-state index is 0.236. The Kier molecular flexibility index (Phi) is 4.26. The van der Waals surface area contributed by atoms with Crippen molar-refractivity contribution in [2.45, 2.75) is 12.5 Å². The molecule has 1 heterocycles. The van der Waals surface area contributed by atoms with Crippen LogP contribution in [0.4, 0.5) is 4.39 Å². The Labute approximate surface area is 128 Å². The van der Waals surface area contributed by atoms with Crippen LogP contribution in [0.15, 0.2) is 73.1 Å². The van der Waals surface area contributed by atoms with Crippen molar-refractivity contribution in [3.63, 3.8) is 0 Å². The smallest absolute Gasteiger partial charge is 0.123 e. The van der Waals surface area contributed by atoms with Gasteiger partial charge in [0.2, 0.25) is 0 Å². The van der Waals surface area contributed by atoms with Crippen molar-refractivity contribution in [3.05, 3.63) is 90.0 Å². The molecule has 0 spiro atoms. The van der Waals surface area contributed by atoms with Gasteiger partial charge in [-0.2, -0.15) is 0 Å². The summed E-state index contributed by atoms with van der Waals surface area (Å²) in [6.07, 6.45) is 3.34. The minimum Gasteiger partial charge on any atom is -0.388 e. The van der Waals surface area contributed by atoms with Crippen molar-refractivity contribution in [3.8, 4) is 11.1 Å². The first-order valence-electron chi connectivity index (χ1n) is 7.15. The van der Waals surface area contributed by atoms with Crippen LogP contribution in [-0.4, -0.2) is 10.1 Å². The highest BCUT2D eigenvalue weighted by Crippen LogP contribution is 2.22. The number of hydrogen-bond acceptors (Lipinski definition) is 2. The van der Waals surface area contributed by atoms with Crippen LogP contribution in [0.3, 0.4) is 0 Å². The van der Waals surface area contributed by atoms with Crippen molar-refractivity contribution in [1.82, 2.24) is 4.98 Å². The van der Waals surface area contributed by atoms with Gasteiger partial charge < -0.3 is 5.11 Å². The predicted octanol–water partition coefficient (Wildman–Crippen LogP) is 4.16. The van der Waals surface area contributed by atoms with Crippen molar-refractivity contribution in [1.29, 1.82) is 0 Å². The van der Waals surface area contributed by atoms with E-state index in [2.05, 4.69) is 4.98 Å². The van der Waals surface area contributed by atoms with E-state index in [1.54, 1.807) is 24.5 Å². The number of aliphatic hydroxyl groups is 1.